The van der Waals surface area contributed by atoms with E-state index >= 15 is 0 Å². The molecule has 8 heteroatoms. The average Bonchev–Trinajstić information content (AvgIpc) is 2.70. The van der Waals surface area contributed by atoms with E-state index in [0.717, 1.165) is 4.90 Å². The highest BCUT2D eigenvalue weighted by Gasteiger charge is 2.28. The van der Waals surface area contributed by atoms with Crippen molar-refractivity contribution in [3.05, 3.63) is 78.4 Å². The van der Waals surface area contributed by atoms with Crippen LogP contribution in [0.4, 0.5) is 0 Å². The van der Waals surface area contributed by atoms with Crippen LogP contribution in [0.15, 0.2) is 87.5 Å². The molecule has 0 aromatic heterocycles. The van der Waals surface area contributed by atoms with Gasteiger partial charge in [0.25, 0.3) is 0 Å². The smallest absolute Gasteiger partial charge is 0.326 e. The maximum Gasteiger partial charge on any atom is 0.326 e. The lowest BCUT2D eigenvalue weighted by Gasteiger charge is -2.20. The molecule has 6 nitrogen and oxygen atoms in total. The van der Waals surface area contributed by atoms with Crippen molar-refractivity contribution in [2.75, 3.05) is 0 Å². The van der Waals surface area contributed by atoms with E-state index in [-0.39, 0.29) is 4.90 Å². The molecule has 0 aliphatic carbocycles. The summed E-state index contributed by atoms with van der Waals surface area (Å²) in [5, 5.41) is 9.49. The maximum absolute atomic E-state index is 12.8. The Hall–Kier alpha value is -2.81. The standard InChI is InChI=1S/C20H15NO5S2/c22-20(23)19(13-6-2-1-3-7-13)21-28(24,25)14-10-11-16-18(12-14)27-17-9-5-4-8-15(17)26-16/h1-12,19,21H,(H,22,23)/t19-/m0/s1. The third kappa shape index (κ3) is 3.62. The number of carboxylic acids is 1. The summed E-state index contributed by atoms with van der Waals surface area (Å²) in [4.78, 5) is 13.1. The molecule has 4 rings (SSSR count). The van der Waals surface area contributed by atoms with Gasteiger partial charge in [-0.3, -0.25) is 4.79 Å². The molecule has 1 heterocycles. The molecule has 0 fully saturated rings. The van der Waals surface area contributed by atoms with Crippen LogP contribution in [0.3, 0.4) is 0 Å². The highest BCUT2D eigenvalue weighted by molar-refractivity contribution is 7.99. The molecule has 3 aromatic carbocycles. The summed E-state index contributed by atoms with van der Waals surface area (Å²) in [7, 11) is -4.06. The van der Waals surface area contributed by atoms with E-state index in [4.69, 9.17) is 4.74 Å². The first-order valence-electron chi connectivity index (χ1n) is 8.33. The van der Waals surface area contributed by atoms with Gasteiger partial charge in [0.05, 0.1) is 14.7 Å². The number of sulfonamides is 1. The lowest BCUT2D eigenvalue weighted by molar-refractivity contribution is -0.139. The number of carboxylic acid groups (broad SMARTS) is 1. The second-order valence-corrected chi connectivity index (χ2v) is 8.86. The van der Waals surface area contributed by atoms with Crippen LogP contribution < -0.4 is 9.46 Å². The lowest BCUT2D eigenvalue weighted by Crippen LogP contribution is -2.33. The lowest BCUT2D eigenvalue weighted by atomic mass is 10.1. The number of fused-ring (bicyclic) bond motifs is 2. The molecule has 142 valence electrons. The van der Waals surface area contributed by atoms with Gasteiger partial charge in [0, 0.05) is 0 Å². The predicted molar refractivity (Wildman–Crippen MR) is 104 cm³/mol. The van der Waals surface area contributed by atoms with E-state index in [1.54, 1.807) is 36.4 Å². The summed E-state index contributed by atoms with van der Waals surface area (Å²) in [6.07, 6.45) is 0. The molecule has 2 N–H and O–H groups in total. The highest BCUT2D eigenvalue weighted by Crippen LogP contribution is 2.47. The minimum Gasteiger partial charge on any atom is -0.480 e. The summed E-state index contributed by atoms with van der Waals surface area (Å²) in [5.41, 5.74) is 0.350. The number of rotatable bonds is 5. The molecule has 0 unspecified atom stereocenters. The first-order valence-corrected chi connectivity index (χ1v) is 10.6. The van der Waals surface area contributed by atoms with E-state index in [9.17, 15) is 18.3 Å². The summed E-state index contributed by atoms with van der Waals surface area (Å²) >= 11 is 1.40. The zero-order chi connectivity index (χ0) is 19.7. The average molecular weight is 413 g/mol. The van der Waals surface area contributed by atoms with E-state index in [1.165, 1.54) is 23.9 Å². The summed E-state index contributed by atoms with van der Waals surface area (Å²) < 4.78 is 33.7. The van der Waals surface area contributed by atoms with Gasteiger partial charge >= 0.3 is 5.97 Å². The van der Waals surface area contributed by atoms with Crippen LogP contribution in [-0.4, -0.2) is 19.5 Å². The Morgan fingerprint density at radius 3 is 2.36 bits per heavy atom. The Bertz CT molecular complexity index is 1150. The molecular formula is C20H15NO5S2. The van der Waals surface area contributed by atoms with Crippen molar-refractivity contribution in [3.63, 3.8) is 0 Å². The van der Waals surface area contributed by atoms with Crippen LogP contribution >= 0.6 is 11.8 Å². The summed E-state index contributed by atoms with van der Waals surface area (Å²) in [6, 6.07) is 18.7. The molecule has 1 aliphatic rings. The van der Waals surface area contributed by atoms with Crippen molar-refractivity contribution >= 4 is 27.8 Å². The van der Waals surface area contributed by atoms with Gasteiger partial charge in [-0.05, 0) is 35.9 Å². The third-order valence-corrected chi connectivity index (χ3v) is 6.68. The van der Waals surface area contributed by atoms with Gasteiger partial charge in [0.1, 0.15) is 17.5 Å². The van der Waals surface area contributed by atoms with Crippen molar-refractivity contribution in [3.8, 4) is 11.5 Å². The Morgan fingerprint density at radius 2 is 1.61 bits per heavy atom. The number of hydrogen-bond acceptors (Lipinski definition) is 5. The molecular weight excluding hydrogens is 398 g/mol. The molecule has 3 aromatic rings. The molecule has 0 spiro atoms. The van der Waals surface area contributed by atoms with Crippen molar-refractivity contribution in [1.29, 1.82) is 0 Å². The van der Waals surface area contributed by atoms with Gasteiger partial charge in [-0.1, -0.05) is 54.2 Å². The van der Waals surface area contributed by atoms with Gasteiger partial charge < -0.3 is 9.84 Å². The zero-order valence-electron chi connectivity index (χ0n) is 14.4. The number of carbonyl (C=O) groups is 1. The number of ether oxygens (including phenoxy) is 1. The van der Waals surface area contributed by atoms with E-state index < -0.39 is 22.0 Å². The number of hydrogen-bond donors (Lipinski definition) is 2. The molecule has 28 heavy (non-hydrogen) atoms. The first kappa shape index (κ1) is 18.5. The summed E-state index contributed by atoms with van der Waals surface area (Å²) in [6.45, 7) is 0. The monoisotopic (exact) mass is 413 g/mol. The topological polar surface area (TPSA) is 92.7 Å². The van der Waals surface area contributed by atoms with Crippen molar-refractivity contribution < 1.29 is 23.1 Å². The fraction of sp³-hybridized carbons (Fsp3) is 0.0500. The van der Waals surface area contributed by atoms with Gasteiger partial charge in [-0.15, -0.1) is 0 Å². The fourth-order valence-corrected chi connectivity index (χ4v) is 5.07. The second kappa shape index (κ2) is 7.31. The van der Waals surface area contributed by atoms with Crippen LogP contribution in [0.25, 0.3) is 0 Å². The molecule has 0 bridgehead atoms. The number of benzene rings is 3. The first-order chi connectivity index (χ1) is 13.4. The predicted octanol–water partition coefficient (Wildman–Crippen LogP) is 4.05. The van der Waals surface area contributed by atoms with Crippen molar-refractivity contribution in [2.45, 2.75) is 20.7 Å². The van der Waals surface area contributed by atoms with Crippen molar-refractivity contribution in [2.24, 2.45) is 0 Å². The maximum atomic E-state index is 12.8. The van der Waals surface area contributed by atoms with E-state index in [1.807, 2.05) is 24.3 Å². The van der Waals surface area contributed by atoms with Crippen LogP contribution in [0.1, 0.15) is 11.6 Å². The molecule has 1 atom stereocenters. The Balaban J connectivity index is 1.64. The molecule has 0 saturated heterocycles. The largest absolute Gasteiger partial charge is 0.480 e. The molecule has 1 aliphatic heterocycles. The quantitative estimate of drug-likeness (QED) is 0.513. The Labute approximate surface area is 166 Å². The van der Waals surface area contributed by atoms with Gasteiger partial charge in [0.15, 0.2) is 0 Å². The van der Waals surface area contributed by atoms with E-state index in [0.29, 0.717) is 22.0 Å². The van der Waals surface area contributed by atoms with Crippen LogP contribution in [0, 0.1) is 0 Å². The SMILES string of the molecule is O=C(O)[C@@H](NS(=O)(=O)c1ccc2c(c1)Sc1ccccc1O2)c1ccccc1. The van der Waals surface area contributed by atoms with Crippen LogP contribution in [-0.2, 0) is 14.8 Å². The minimum atomic E-state index is -4.06. The second-order valence-electron chi connectivity index (χ2n) is 6.06. The fourth-order valence-electron chi connectivity index (χ4n) is 2.81. The highest BCUT2D eigenvalue weighted by atomic mass is 32.2. The number of para-hydroxylation sites is 1. The number of aliphatic carboxylic acids is 1. The molecule has 0 radical (unpaired) electrons. The Kier molecular flexibility index (Phi) is 4.84. The van der Waals surface area contributed by atoms with E-state index in [2.05, 4.69) is 4.72 Å². The van der Waals surface area contributed by atoms with Gasteiger partial charge in [-0.25, -0.2) is 8.42 Å². The third-order valence-electron chi connectivity index (χ3n) is 4.17. The zero-order valence-corrected chi connectivity index (χ0v) is 16.0. The van der Waals surface area contributed by atoms with Gasteiger partial charge in [-0.2, -0.15) is 4.72 Å². The van der Waals surface area contributed by atoms with Crippen molar-refractivity contribution in [1.82, 2.24) is 4.72 Å². The molecule has 0 amide bonds. The number of nitrogens with one attached hydrogen (secondary N) is 1. The normalized spacial score (nSPS) is 13.7. The van der Waals surface area contributed by atoms with Crippen LogP contribution in [0.5, 0.6) is 11.5 Å². The minimum absolute atomic E-state index is 0.0242. The van der Waals surface area contributed by atoms with Gasteiger partial charge in [0.2, 0.25) is 10.0 Å². The Morgan fingerprint density at radius 1 is 0.929 bits per heavy atom. The van der Waals surface area contributed by atoms with Crippen LogP contribution in [0.2, 0.25) is 0 Å². The summed E-state index contributed by atoms with van der Waals surface area (Å²) in [5.74, 6) is -0.0105. The molecule has 0 saturated carbocycles.